The molecule has 2 saturated heterocycles. The minimum Gasteiger partial charge on any atom is -0.322 e. The van der Waals surface area contributed by atoms with Gasteiger partial charge in [0.2, 0.25) is 5.91 Å². The topological polar surface area (TPSA) is 46.3 Å². The van der Waals surface area contributed by atoms with Crippen LogP contribution < -0.4 is 9.80 Å². The average molecular weight is 426 g/mol. The first-order valence-electron chi connectivity index (χ1n) is 10.6. The minimum atomic E-state index is -0.230. The monoisotopic (exact) mass is 425 g/mol. The van der Waals surface area contributed by atoms with Crippen LogP contribution >= 0.6 is 11.6 Å². The van der Waals surface area contributed by atoms with Crippen molar-refractivity contribution in [2.75, 3.05) is 32.7 Å². The highest BCUT2D eigenvalue weighted by atomic mass is 35.5. The van der Waals surface area contributed by atoms with Gasteiger partial charge in [0.05, 0.1) is 19.5 Å². The first-order valence-corrected chi connectivity index (χ1v) is 11.0. The van der Waals surface area contributed by atoms with Crippen LogP contribution in [-0.2, 0) is 16.1 Å². The molecule has 2 fully saturated rings. The average Bonchev–Trinajstić information content (AvgIpc) is 3.05. The number of nitrogens with one attached hydrogen (secondary N) is 2. The van der Waals surface area contributed by atoms with Gasteiger partial charge >= 0.3 is 0 Å². The van der Waals surface area contributed by atoms with Crippen molar-refractivity contribution < 1.29 is 19.4 Å². The van der Waals surface area contributed by atoms with Crippen molar-refractivity contribution in [1.29, 1.82) is 0 Å². The molecule has 0 spiro atoms. The van der Waals surface area contributed by atoms with Crippen LogP contribution in [0.5, 0.6) is 0 Å². The molecule has 0 unspecified atom stereocenters. The fourth-order valence-electron chi connectivity index (χ4n) is 4.34. The highest BCUT2D eigenvalue weighted by Crippen LogP contribution is 2.17. The largest absolute Gasteiger partial charge is 0.322 e. The van der Waals surface area contributed by atoms with Crippen LogP contribution in [0.25, 0.3) is 6.08 Å². The van der Waals surface area contributed by atoms with Crippen molar-refractivity contribution in [3.05, 3.63) is 76.8 Å². The zero-order chi connectivity index (χ0) is 20.9. The van der Waals surface area contributed by atoms with Crippen LogP contribution in [-0.4, -0.2) is 55.5 Å². The molecule has 6 heteroatoms. The molecule has 156 valence electrons. The number of quaternary nitrogens is 2. The predicted octanol–water partition coefficient (Wildman–Crippen LogP) is 0.464. The SMILES string of the molecule is O=C1C[C@H]([NH+]2CC[NH+](C/C=C/c3ccccc3)CC2)C(=O)N1Cc1ccc(Cl)cc1. The highest BCUT2D eigenvalue weighted by molar-refractivity contribution is 6.30. The number of benzene rings is 2. The maximum absolute atomic E-state index is 12.9. The second-order valence-electron chi connectivity index (χ2n) is 8.13. The molecule has 0 saturated carbocycles. The maximum atomic E-state index is 12.9. The van der Waals surface area contributed by atoms with Gasteiger partial charge in [0.1, 0.15) is 26.2 Å². The zero-order valence-electron chi connectivity index (χ0n) is 17.0. The van der Waals surface area contributed by atoms with Gasteiger partial charge in [-0.25, -0.2) is 0 Å². The Morgan fingerprint density at radius 1 is 0.967 bits per heavy atom. The van der Waals surface area contributed by atoms with Crippen molar-refractivity contribution in [2.45, 2.75) is 19.0 Å². The molecular formula is C24H28ClN3O2+2. The molecule has 2 aliphatic heterocycles. The number of hydrogen-bond donors (Lipinski definition) is 2. The summed E-state index contributed by atoms with van der Waals surface area (Å²) in [7, 11) is 0. The molecule has 0 radical (unpaired) electrons. The maximum Gasteiger partial charge on any atom is 0.288 e. The Morgan fingerprint density at radius 2 is 1.67 bits per heavy atom. The molecule has 2 aromatic carbocycles. The van der Waals surface area contributed by atoms with E-state index < -0.39 is 0 Å². The lowest BCUT2D eigenvalue weighted by Crippen LogP contribution is -3.30. The normalized spacial score (nSPS) is 24.7. The van der Waals surface area contributed by atoms with E-state index in [2.05, 4.69) is 24.3 Å². The molecule has 1 atom stereocenters. The molecule has 2 N–H and O–H groups in total. The van der Waals surface area contributed by atoms with E-state index in [1.54, 1.807) is 12.1 Å². The van der Waals surface area contributed by atoms with Gasteiger partial charge in [-0.1, -0.05) is 60.1 Å². The third-order valence-corrected chi connectivity index (χ3v) is 6.36. The van der Waals surface area contributed by atoms with Gasteiger partial charge in [-0.3, -0.25) is 14.5 Å². The lowest BCUT2D eigenvalue weighted by atomic mass is 10.1. The number of imide groups is 1. The molecule has 2 aromatic rings. The second kappa shape index (κ2) is 9.56. The van der Waals surface area contributed by atoms with E-state index in [1.807, 2.05) is 30.3 Å². The highest BCUT2D eigenvalue weighted by Gasteiger charge is 2.46. The molecule has 0 aliphatic carbocycles. The smallest absolute Gasteiger partial charge is 0.288 e. The Hall–Kier alpha value is -2.47. The summed E-state index contributed by atoms with van der Waals surface area (Å²) in [5, 5.41) is 0.652. The van der Waals surface area contributed by atoms with E-state index in [1.165, 1.54) is 20.3 Å². The van der Waals surface area contributed by atoms with Crippen molar-refractivity contribution in [3.63, 3.8) is 0 Å². The first-order chi connectivity index (χ1) is 14.6. The van der Waals surface area contributed by atoms with Gasteiger partial charge in [-0.2, -0.15) is 0 Å². The molecule has 4 rings (SSSR count). The number of rotatable bonds is 6. The lowest BCUT2D eigenvalue weighted by Gasteiger charge is -2.31. The van der Waals surface area contributed by atoms with Crippen molar-refractivity contribution in [2.24, 2.45) is 0 Å². The van der Waals surface area contributed by atoms with Crippen molar-refractivity contribution >= 4 is 29.5 Å². The van der Waals surface area contributed by atoms with Gasteiger partial charge in [-0.05, 0) is 29.3 Å². The summed E-state index contributed by atoms with van der Waals surface area (Å²) in [6.45, 7) is 5.20. The van der Waals surface area contributed by atoms with Gasteiger partial charge in [0.25, 0.3) is 5.91 Å². The van der Waals surface area contributed by atoms with Crippen LogP contribution in [0.1, 0.15) is 17.5 Å². The van der Waals surface area contributed by atoms with Crippen LogP contribution in [0.15, 0.2) is 60.7 Å². The fourth-order valence-corrected chi connectivity index (χ4v) is 4.47. The van der Waals surface area contributed by atoms with E-state index in [4.69, 9.17) is 11.6 Å². The second-order valence-corrected chi connectivity index (χ2v) is 8.56. The summed E-state index contributed by atoms with van der Waals surface area (Å²) >= 11 is 5.93. The van der Waals surface area contributed by atoms with Crippen molar-refractivity contribution in [3.8, 4) is 0 Å². The number of likely N-dealkylation sites (tertiary alicyclic amines) is 1. The van der Waals surface area contributed by atoms with Crippen LogP contribution in [0.3, 0.4) is 0 Å². The Bertz CT molecular complexity index is 906. The van der Waals surface area contributed by atoms with Crippen LogP contribution in [0, 0.1) is 0 Å². The Kier molecular flexibility index (Phi) is 6.62. The van der Waals surface area contributed by atoms with Crippen LogP contribution in [0.4, 0.5) is 0 Å². The molecule has 2 amide bonds. The molecular weight excluding hydrogens is 398 g/mol. The first kappa shape index (κ1) is 20.8. The quantitative estimate of drug-likeness (QED) is 0.661. The number of carbonyl (C=O) groups excluding carboxylic acids is 2. The Labute approximate surface area is 182 Å². The zero-order valence-corrected chi connectivity index (χ0v) is 17.8. The van der Waals surface area contributed by atoms with E-state index >= 15 is 0 Å². The molecule has 5 nitrogen and oxygen atoms in total. The summed E-state index contributed by atoms with van der Waals surface area (Å²) in [5.41, 5.74) is 2.15. The van der Waals surface area contributed by atoms with Crippen LogP contribution in [0.2, 0.25) is 5.02 Å². The summed E-state index contributed by atoms with van der Waals surface area (Å²) in [5.74, 6) is -0.0922. The van der Waals surface area contributed by atoms with Gasteiger partial charge < -0.3 is 9.80 Å². The lowest BCUT2D eigenvalue weighted by molar-refractivity contribution is -1.02. The Balaban J connectivity index is 1.28. The van der Waals surface area contributed by atoms with E-state index in [-0.39, 0.29) is 17.9 Å². The van der Waals surface area contributed by atoms with Crippen molar-refractivity contribution in [1.82, 2.24) is 4.90 Å². The predicted molar refractivity (Wildman–Crippen MR) is 117 cm³/mol. The number of piperazine rings is 1. The summed E-state index contributed by atoms with van der Waals surface area (Å²) in [4.78, 5) is 29.6. The Morgan fingerprint density at radius 3 is 2.37 bits per heavy atom. The summed E-state index contributed by atoms with van der Waals surface area (Å²) in [6, 6.07) is 17.4. The standard InChI is InChI=1S/C24H26ClN3O2/c25-21-10-8-20(9-11-21)18-28-23(29)17-22(24(28)30)27-15-13-26(14-16-27)12-4-7-19-5-2-1-3-6-19/h1-11,22H,12-18H2/p+2/b7-4+/t22-/m0/s1. The van der Waals surface area contributed by atoms with Gasteiger partial charge in [0, 0.05) is 5.02 Å². The minimum absolute atomic E-state index is 0.0302. The summed E-state index contributed by atoms with van der Waals surface area (Å²) in [6.07, 6.45) is 4.72. The molecule has 2 heterocycles. The van der Waals surface area contributed by atoms with E-state index in [0.29, 0.717) is 18.0 Å². The molecule has 0 aromatic heterocycles. The van der Waals surface area contributed by atoms with E-state index in [0.717, 1.165) is 38.3 Å². The van der Waals surface area contributed by atoms with E-state index in [9.17, 15) is 9.59 Å². The number of amides is 2. The number of hydrogen-bond acceptors (Lipinski definition) is 2. The van der Waals surface area contributed by atoms with Gasteiger partial charge in [-0.15, -0.1) is 0 Å². The molecule has 0 bridgehead atoms. The molecule has 2 aliphatic rings. The third kappa shape index (κ3) is 4.98. The molecule has 30 heavy (non-hydrogen) atoms. The number of halogens is 1. The summed E-state index contributed by atoms with van der Waals surface area (Å²) < 4.78 is 0. The number of carbonyl (C=O) groups is 2. The number of nitrogens with zero attached hydrogens (tertiary/aromatic N) is 1. The van der Waals surface area contributed by atoms with Gasteiger partial charge in [0.15, 0.2) is 6.04 Å². The fraction of sp³-hybridized carbons (Fsp3) is 0.333. The third-order valence-electron chi connectivity index (χ3n) is 6.11.